The summed E-state index contributed by atoms with van der Waals surface area (Å²) in [6.45, 7) is 3.26. The third-order valence-electron chi connectivity index (χ3n) is 3.91. The van der Waals surface area contributed by atoms with Gasteiger partial charge >= 0.3 is 6.18 Å². The molecule has 18 heavy (non-hydrogen) atoms. The highest BCUT2D eigenvalue weighted by Crippen LogP contribution is 2.66. The summed E-state index contributed by atoms with van der Waals surface area (Å²) in [4.78, 5) is 0. The molecule has 0 radical (unpaired) electrons. The Morgan fingerprint density at radius 2 is 1.94 bits per heavy atom. The van der Waals surface area contributed by atoms with Gasteiger partial charge in [0.25, 0.3) is 0 Å². The maximum absolute atomic E-state index is 13.0. The van der Waals surface area contributed by atoms with Crippen molar-refractivity contribution in [3.8, 4) is 0 Å². The summed E-state index contributed by atoms with van der Waals surface area (Å²) >= 11 is 5.94. The summed E-state index contributed by atoms with van der Waals surface area (Å²) in [7, 11) is 1.36. The van der Waals surface area contributed by atoms with Crippen LogP contribution in [0.25, 0.3) is 0 Å². The molecule has 0 spiro atoms. The molecule has 0 bridgehead atoms. The Kier molecular flexibility index (Phi) is 2.76. The summed E-state index contributed by atoms with van der Waals surface area (Å²) in [6, 6.07) is 0. The van der Waals surface area contributed by atoms with E-state index in [0.717, 1.165) is 4.68 Å². The first kappa shape index (κ1) is 13.7. The largest absolute Gasteiger partial charge is 0.435 e. The molecule has 1 aromatic rings. The predicted octanol–water partition coefficient (Wildman–Crippen LogP) is 2.75. The fraction of sp³-hybridized carbons (Fsp3) is 0.727. The van der Waals surface area contributed by atoms with Crippen molar-refractivity contribution in [2.75, 3.05) is 6.61 Å². The average molecular weight is 283 g/mol. The normalized spacial score (nSPS) is 26.4. The van der Waals surface area contributed by atoms with Crippen LogP contribution in [0.5, 0.6) is 0 Å². The van der Waals surface area contributed by atoms with Crippen LogP contribution in [0.3, 0.4) is 0 Å². The van der Waals surface area contributed by atoms with E-state index in [4.69, 9.17) is 11.6 Å². The molecule has 1 aliphatic carbocycles. The number of alkyl halides is 3. The number of hydrogen-bond donors (Lipinski definition) is 1. The Morgan fingerprint density at radius 1 is 1.44 bits per heavy atom. The second-order valence-corrected chi connectivity index (χ2v) is 5.79. The van der Waals surface area contributed by atoms with Crippen molar-refractivity contribution in [3.63, 3.8) is 0 Å². The van der Waals surface area contributed by atoms with E-state index in [2.05, 4.69) is 5.10 Å². The van der Waals surface area contributed by atoms with Gasteiger partial charge in [-0.2, -0.15) is 18.3 Å². The lowest BCUT2D eigenvalue weighted by atomic mass is 9.88. The van der Waals surface area contributed by atoms with Crippen molar-refractivity contribution < 1.29 is 18.3 Å². The van der Waals surface area contributed by atoms with E-state index in [9.17, 15) is 18.3 Å². The summed E-state index contributed by atoms with van der Waals surface area (Å²) in [5.74, 6) is 0. The zero-order chi connectivity index (χ0) is 13.9. The third kappa shape index (κ3) is 1.66. The van der Waals surface area contributed by atoms with Gasteiger partial charge in [-0.05, 0) is 11.8 Å². The Balaban J connectivity index is 2.65. The summed E-state index contributed by atoms with van der Waals surface area (Å²) in [5.41, 5.74) is -2.42. The number of aromatic nitrogens is 2. The van der Waals surface area contributed by atoms with Crippen LogP contribution in [0.2, 0.25) is 5.15 Å². The second kappa shape index (κ2) is 3.63. The monoisotopic (exact) mass is 282 g/mol. The van der Waals surface area contributed by atoms with E-state index in [1.54, 1.807) is 0 Å². The van der Waals surface area contributed by atoms with Gasteiger partial charge in [0.2, 0.25) is 0 Å². The lowest BCUT2D eigenvalue weighted by molar-refractivity contribution is -0.142. The van der Waals surface area contributed by atoms with E-state index in [1.165, 1.54) is 7.05 Å². The molecule has 1 N–H and O–H groups in total. The molecule has 3 nitrogen and oxygen atoms in total. The smallest absolute Gasteiger partial charge is 0.395 e. The second-order valence-electron chi connectivity index (χ2n) is 5.44. The van der Waals surface area contributed by atoms with E-state index < -0.39 is 22.7 Å². The zero-order valence-corrected chi connectivity index (χ0v) is 11.0. The Labute approximate surface area is 108 Å². The SMILES string of the molecule is Cn1nc(C(F)(F)F)c(C2(CO)CC2(C)C)c1Cl. The summed E-state index contributed by atoms with van der Waals surface area (Å²) in [5, 5.41) is 12.9. The van der Waals surface area contributed by atoms with Gasteiger partial charge in [0.15, 0.2) is 5.69 Å². The number of hydrogen-bond acceptors (Lipinski definition) is 2. The molecule has 1 saturated carbocycles. The summed E-state index contributed by atoms with van der Waals surface area (Å²) < 4.78 is 39.9. The number of nitrogens with zero attached hydrogens (tertiary/aromatic N) is 2. The molecule has 2 rings (SSSR count). The van der Waals surface area contributed by atoms with Gasteiger partial charge in [0, 0.05) is 18.0 Å². The van der Waals surface area contributed by atoms with Crippen LogP contribution in [0.4, 0.5) is 13.2 Å². The van der Waals surface area contributed by atoms with E-state index >= 15 is 0 Å². The molecule has 0 saturated heterocycles. The van der Waals surface area contributed by atoms with Gasteiger partial charge in [-0.15, -0.1) is 0 Å². The minimum Gasteiger partial charge on any atom is -0.395 e. The molecule has 1 aromatic heterocycles. The van der Waals surface area contributed by atoms with Gasteiger partial charge in [0.1, 0.15) is 5.15 Å². The molecule has 1 atom stereocenters. The molecule has 0 amide bonds. The topological polar surface area (TPSA) is 38.0 Å². The maximum Gasteiger partial charge on any atom is 0.435 e. The van der Waals surface area contributed by atoms with Crippen molar-refractivity contribution >= 4 is 11.6 Å². The Bertz CT molecular complexity index is 495. The minimum atomic E-state index is -4.57. The quantitative estimate of drug-likeness (QED) is 0.906. The summed E-state index contributed by atoms with van der Waals surface area (Å²) in [6.07, 6.45) is -4.11. The molecule has 0 aliphatic heterocycles. The van der Waals surface area contributed by atoms with Crippen LogP contribution in [-0.2, 0) is 18.6 Å². The van der Waals surface area contributed by atoms with Gasteiger partial charge in [0.05, 0.1) is 6.61 Å². The van der Waals surface area contributed by atoms with E-state index in [-0.39, 0.29) is 17.3 Å². The van der Waals surface area contributed by atoms with Gasteiger partial charge in [-0.25, -0.2) is 0 Å². The van der Waals surface area contributed by atoms with Gasteiger partial charge in [-0.3, -0.25) is 4.68 Å². The van der Waals surface area contributed by atoms with Crippen molar-refractivity contribution in [2.24, 2.45) is 12.5 Å². The number of halogens is 4. The maximum atomic E-state index is 13.0. The standard InChI is InChI=1S/C11H14ClF3N2O/c1-9(2)4-10(9,5-18)6-7(11(13,14)15)16-17(3)8(6)12/h18H,4-5H2,1-3H3. The van der Waals surface area contributed by atoms with Gasteiger partial charge < -0.3 is 5.11 Å². The fourth-order valence-electron chi connectivity index (χ4n) is 2.61. The molecule has 1 unspecified atom stereocenters. The highest BCUT2D eigenvalue weighted by molar-refractivity contribution is 6.30. The first-order valence-electron chi connectivity index (χ1n) is 5.48. The average Bonchev–Trinajstić information content (AvgIpc) is 2.64. The van der Waals surface area contributed by atoms with Crippen LogP contribution in [-0.4, -0.2) is 21.5 Å². The number of aliphatic hydroxyl groups excluding tert-OH is 1. The molecule has 1 heterocycles. The number of rotatable bonds is 2. The van der Waals surface area contributed by atoms with Crippen molar-refractivity contribution in [2.45, 2.75) is 31.9 Å². The molecule has 0 aromatic carbocycles. The zero-order valence-electron chi connectivity index (χ0n) is 10.3. The van der Waals surface area contributed by atoms with E-state index in [0.29, 0.717) is 6.42 Å². The lowest BCUT2D eigenvalue weighted by Crippen LogP contribution is -2.23. The number of aliphatic hydroxyl groups is 1. The van der Waals surface area contributed by atoms with Crippen LogP contribution < -0.4 is 0 Å². The molecule has 1 aliphatic rings. The Morgan fingerprint density at radius 3 is 2.28 bits per heavy atom. The van der Waals surface area contributed by atoms with Crippen molar-refractivity contribution in [1.29, 1.82) is 0 Å². The number of aryl methyl sites for hydroxylation is 1. The molecule has 1 fully saturated rings. The minimum absolute atomic E-state index is 0.0537. The molecule has 7 heteroatoms. The van der Waals surface area contributed by atoms with Crippen molar-refractivity contribution in [1.82, 2.24) is 9.78 Å². The Hall–Kier alpha value is -0.750. The molecular weight excluding hydrogens is 269 g/mol. The predicted molar refractivity (Wildman–Crippen MR) is 60.4 cm³/mol. The first-order valence-corrected chi connectivity index (χ1v) is 5.86. The van der Waals surface area contributed by atoms with Crippen LogP contribution in [0.15, 0.2) is 0 Å². The van der Waals surface area contributed by atoms with E-state index in [1.807, 2.05) is 13.8 Å². The van der Waals surface area contributed by atoms with Crippen LogP contribution in [0.1, 0.15) is 31.5 Å². The third-order valence-corrected chi connectivity index (χ3v) is 4.34. The van der Waals surface area contributed by atoms with Crippen molar-refractivity contribution in [3.05, 3.63) is 16.4 Å². The highest BCUT2D eigenvalue weighted by Gasteiger charge is 2.65. The fourth-order valence-corrected chi connectivity index (χ4v) is 2.92. The van der Waals surface area contributed by atoms with Crippen LogP contribution in [0, 0.1) is 5.41 Å². The van der Waals surface area contributed by atoms with Crippen LogP contribution >= 0.6 is 11.6 Å². The lowest BCUT2D eigenvalue weighted by Gasteiger charge is -2.19. The highest BCUT2D eigenvalue weighted by atomic mass is 35.5. The first-order chi connectivity index (χ1) is 8.07. The molecule has 102 valence electrons. The van der Waals surface area contributed by atoms with Gasteiger partial charge in [-0.1, -0.05) is 25.4 Å². The molecular formula is C11H14ClF3N2O.